The fourth-order valence-electron chi connectivity index (χ4n) is 5.10. The summed E-state index contributed by atoms with van der Waals surface area (Å²) in [5.41, 5.74) is 1.98. The van der Waals surface area contributed by atoms with Crippen LogP contribution >= 0.6 is 0 Å². The van der Waals surface area contributed by atoms with Gasteiger partial charge in [-0.3, -0.25) is 0 Å². The molecular formula is C25H44O5Si. The summed E-state index contributed by atoms with van der Waals surface area (Å²) in [4.78, 5) is 0. The van der Waals surface area contributed by atoms with Crippen LogP contribution in [0.5, 0.6) is 5.95 Å². The van der Waals surface area contributed by atoms with E-state index in [2.05, 4.69) is 48.1 Å². The molecule has 1 atom stereocenters. The van der Waals surface area contributed by atoms with Crippen LogP contribution in [-0.2, 0) is 9.47 Å². The van der Waals surface area contributed by atoms with Gasteiger partial charge in [0.05, 0.1) is 19.3 Å². The van der Waals surface area contributed by atoms with Crippen LogP contribution in [0.3, 0.4) is 0 Å². The largest absolute Gasteiger partial charge is 0.518 e. The highest BCUT2D eigenvalue weighted by atomic mass is 28.4. The van der Waals surface area contributed by atoms with Gasteiger partial charge in [-0.2, -0.15) is 0 Å². The second-order valence-electron chi connectivity index (χ2n) is 10.6. The van der Waals surface area contributed by atoms with E-state index in [4.69, 9.17) is 18.3 Å². The number of aliphatic hydroxyl groups is 1. The molecule has 0 aromatic carbocycles. The van der Waals surface area contributed by atoms with Crippen molar-refractivity contribution in [1.29, 1.82) is 0 Å². The average Bonchev–Trinajstić information content (AvgIpc) is 3.14. The highest BCUT2D eigenvalue weighted by molar-refractivity contribution is 6.78. The lowest BCUT2D eigenvalue weighted by molar-refractivity contribution is -0.286. The number of rotatable bonds is 11. The normalized spacial score (nSPS) is 19.7. The lowest BCUT2D eigenvalue weighted by Crippen LogP contribution is -2.50. The van der Waals surface area contributed by atoms with Gasteiger partial charge >= 0.3 is 0 Å². The van der Waals surface area contributed by atoms with Gasteiger partial charge < -0.3 is 23.4 Å². The molecule has 178 valence electrons. The van der Waals surface area contributed by atoms with Gasteiger partial charge in [0.15, 0.2) is 5.79 Å². The first-order chi connectivity index (χ1) is 14.4. The van der Waals surface area contributed by atoms with Crippen LogP contribution in [0, 0.1) is 5.41 Å². The first kappa shape index (κ1) is 26.2. The third-order valence-corrected chi connectivity index (χ3v) is 12.9. The molecule has 1 aromatic rings. The summed E-state index contributed by atoms with van der Waals surface area (Å²) in [7, 11) is -2.09. The topological polar surface area (TPSA) is 61.1 Å². The van der Waals surface area contributed by atoms with Crippen molar-refractivity contribution in [2.45, 2.75) is 103 Å². The van der Waals surface area contributed by atoms with E-state index < -0.39 is 20.2 Å². The molecule has 0 amide bonds. The molecule has 1 N–H and O–H groups in total. The van der Waals surface area contributed by atoms with Crippen LogP contribution in [0.25, 0.3) is 0 Å². The van der Waals surface area contributed by atoms with Gasteiger partial charge in [-0.05, 0) is 49.7 Å². The maximum Gasteiger partial charge on any atom is 0.270 e. The van der Waals surface area contributed by atoms with Gasteiger partial charge in [0.1, 0.15) is 6.26 Å². The second-order valence-corrected chi connectivity index (χ2v) is 16.0. The molecule has 0 aliphatic carbocycles. The Morgan fingerprint density at radius 3 is 2.13 bits per heavy atom. The SMILES string of the molecule is C=CCC1(CC[C@@H](O)c2coc(O[Si](C(C)C)(C(C)C)C(C)C)c2)COC(C)(C)OC1. The zero-order valence-electron chi connectivity index (χ0n) is 20.9. The Hall–Kier alpha value is -1.08. The van der Waals surface area contributed by atoms with Crippen LogP contribution in [0.4, 0.5) is 0 Å². The van der Waals surface area contributed by atoms with Crippen molar-refractivity contribution in [3.63, 3.8) is 0 Å². The highest BCUT2D eigenvalue weighted by Crippen LogP contribution is 2.44. The number of ether oxygens (including phenoxy) is 2. The van der Waals surface area contributed by atoms with E-state index in [1.54, 1.807) is 6.26 Å². The Morgan fingerprint density at radius 2 is 1.65 bits per heavy atom. The van der Waals surface area contributed by atoms with E-state index in [0.29, 0.717) is 42.2 Å². The summed E-state index contributed by atoms with van der Waals surface area (Å²) in [6.45, 7) is 22.5. The summed E-state index contributed by atoms with van der Waals surface area (Å²) in [6, 6.07) is 1.87. The molecule has 0 radical (unpaired) electrons. The molecule has 6 heteroatoms. The minimum Gasteiger partial charge on any atom is -0.518 e. The lowest BCUT2D eigenvalue weighted by atomic mass is 9.79. The summed E-state index contributed by atoms with van der Waals surface area (Å²) in [5.74, 6) is -0.0246. The zero-order chi connectivity index (χ0) is 23.4. The number of allylic oxidation sites excluding steroid dienone is 1. The molecule has 1 aliphatic heterocycles. The second kappa shape index (κ2) is 10.2. The first-order valence-corrected chi connectivity index (χ1v) is 13.9. The van der Waals surface area contributed by atoms with Gasteiger partial charge in [-0.15, -0.1) is 6.58 Å². The number of aliphatic hydroxyl groups excluding tert-OH is 1. The molecule has 0 spiro atoms. The van der Waals surface area contributed by atoms with Crippen molar-refractivity contribution < 1.29 is 23.4 Å². The Bertz CT molecular complexity index is 675. The molecule has 0 bridgehead atoms. The van der Waals surface area contributed by atoms with Crippen LogP contribution in [0.2, 0.25) is 16.6 Å². The summed E-state index contributed by atoms with van der Waals surface area (Å²) in [6.07, 6.45) is 5.10. The van der Waals surface area contributed by atoms with Gasteiger partial charge in [0.25, 0.3) is 14.3 Å². The van der Waals surface area contributed by atoms with Crippen LogP contribution in [0.15, 0.2) is 29.4 Å². The molecule has 0 unspecified atom stereocenters. The van der Waals surface area contributed by atoms with Crippen molar-refractivity contribution in [3.05, 3.63) is 30.5 Å². The quantitative estimate of drug-likeness (QED) is 0.289. The maximum atomic E-state index is 10.9. The molecule has 1 fully saturated rings. The number of hydrogen-bond donors (Lipinski definition) is 1. The van der Waals surface area contributed by atoms with E-state index >= 15 is 0 Å². The van der Waals surface area contributed by atoms with Crippen molar-refractivity contribution in [3.8, 4) is 5.95 Å². The fraction of sp³-hybridized carbons (Fsp3) is 0.760. The Kier molecular flexibility index (Phi) is 8.64. The molecule has 2 heterocycles. The van der Waals surface area contributed by atoms with Gasteiger partial charge in [0, 0.05) is 17.0 Å². The van der Waals surface area contributed by atoms with E-state index in [9.17, 15) is 5.11 Å². The van der Waals surface area contributed by atoms with Crippen molar-refractivity contribution in [2.75, 3.05) is 13.2 Å². The number of hydrogen-bond acceptors (Lipinski definition) is 5. The third kappa shape index (κ3) is 6.04. The lowest BCUT2D eigenvalue weighted by Gasteiger charge is -2.43. The molecule has 1 aliphatic rings. The van der Waals surface area contributed by atoms with Gasteiger partial charge in [-0.25, -0.2) is 0 Å². The molecule has 1 aromatic heterocycles. The molecular weight excluding hydrogens is 408 g/mol. The minimum atomic E-state index is -2.09. The molecule has 1 saturated heterocycles. The highest BCUT2D eigenvalue weighted by Gasteiger charge is 2.47. The predicted octanol–water partition coefficient (Wildman–Crippen LogP) is 6.99. The number of furan rings is 1. The maximum absolute atomic E-state index is 10.9. The monoisotopic (exact) mass is 452 g/mol. The first-order valence-electron chi connectivity index (χ1n) is 11.7. The van der Waals surface area contributed by atoms with E-state index in [1.807, 2.05) is 26.0 Å². The minimum absolute atomic E-state index is 0.156. The fourth-order valence-corrected chi connectivity index (χ4v) is 10.3. The Balaban J connectivity index is 2.07. The summed E-state index contributed by atoms with van der Waals surface area (Å²) in [5, 5.41) is 10.9. The average molecular weight is 453 g/mol. The van der Waals surface area contributed by atoms with E-state index in [-0.39, 0.29) is 5.41 Å². The standard InChI is InChI=1S/C25H44O5Si/c1-10-12-25(16-28-24(8,9)29-17-25)13-11-22(26)21-14-23(27-15-21)30-31(18(2)3,19(4)5)20(6)7/h10,14-15,18-20,22,26H,1,11-13,16-17H2,2-9H3/t22-/m1/s1. The van der Waals surface area contributed by atoms with Gasteiger partial charge in [-0.1, -0.05) is 47.6 Å². The Labute approximate surface area is 190 Å². The molecule has 2 rings (SSSR count). The zero-order valence-corrected chi connectivity index (χ0v) is 21.9. The summed E-state index contributed by atoms with van der Waals surface area (Å²) < 4.78 is 24.2. The van der Waals surface area contributed by atoms with E-state index in [1.165, 1.54) is 0 Å². The van der Waals surface area contributed by atoms with Crippen molar-refractivity contribution >= 4 is 8.32 Å². The Morgan fingerprint density at radius 1 is 1.10 bits per heavy atom. The third-order valence-electron chi connectivity index (χ3n) is 6.94. The molecule has 5 nitrogen and oxygen atoms in total. The molecule has 0 saturated carbocycles. The van der Waals surface area contributed by atoms with Crippen molar-refractivity contribution in [1.82, 2.24) is 0 Å². The predicted molar refractivity (Wildman–Crippen MR) is 128 cm³/mol. The smallest absolute Gasteiger partial charge is 0.270 e. The van der Waals surface area contributed by atoms with Crippen LogP contribution in [-0.4, -0.2) is 32.4 Å². The van der Waals surface area contributed by atoms with Crippen molar-refractivity contribution in [2.24, 2.45) is 5.41 Å². The molecule has 31 heavy (non-hydrogen) atoms. The van der Waals surface area contributed by atoms with Gasteiger partial charge in [0.2, 0.25) is 0 Å². The van der Waals surface area contributed by atoms with Crippen LogP contribution < -0.4 is 4.43 Å². The van der Waals surface area contributed by atoms with E-state index in [0.717, 1.165) is 18.4 Å². The van der Waals surface area contributed by atoms with Crippen LogP contribution in [0.1, 0.15) is 86.3 Å². The summed E-state index contributed by atoms with van der Waals surface area (Å²) >= 11 is 0.